The standard InChI is InChI=1S/C13H13BrN2O2S2/c14-11-2-1-10(20-11)7-16-12(17)3-5-15-13(18)9-4-6-19-8-9/h1-2,4,6,8H,3,5,7H2,(H,15,18)(H,16,17). The van der Waals surface area contributed by atoms with Gasteiger partial charge in [0.1, 0.15) is 0 Å². The van der Waals surface area contributed by atoms with Gasteiger partial charge in [-0.2, -0.15) is 11.3 Å². The van der Waals surface area contributed by atoms with Crippen molar-refractivity contribution in [3.63, 3.8) is 0 Å². The van der Waals surface area contributed by atoms with Crippen LogP contribution in [-0.2, 0) is 11.3 Å². The van der Waals surface area contributed by atoms with Gasteiger partial charge in [-0.15, -0.1) is 11.3 Å². The van der Waals surface area contributed by atoms with Crippen LogP contribution in [0.2, 0.25) is 0 Å². The van der Waals surface area contributed by atoms with Crippen molar-refractivity contribution in [2.45, 2.75) is 13.0 Å². The Labute approximate surface area is 133 Å². The molecule has 0 saturated carbocycles. The number of carbonyl (C=O) groups excluding carboxylic acids is 2. The second-order valence-electron chi connectivity index (χ2n) is 4.00. The van der Waals surface area contributed by atoms with E-state index in [4.69, 9.17) is 0 Å². The molecule has 0 radical (unpaired) electrons. The Kier molecular flexibility index (Phi) is 5.75. The normalized spacial score (nSPS) is 10.2. The molecule has 2 rings (SSSR count). The molecule has 0 bridgehead atoms. The number of nitrogens with one attached hydrogen (secondary N) is 2. The molecule has 2 aromatic heterocycles. The average molecular weight is 373 g/mol. The number of hydrogen-bond acceptors (Lipinski definition) is 4. The predicted octanol–water partition coefficient (Wildman–Crippen LogP) is 3.01. The summed E-state index contributed by atoms with van der Waals surface area (Å²) in [6.45, 7) is 0.863. The molecule has 0 aromatic carbocycles. The van der Waals surface area contributed by atoms with Crippen LogP contribution < -0.4 is 10.6 Å². The summed E-state index contributed by atoms with van der Waals surface area (Å²) < 4.78 is 1.05. The third kappa shape index (κ3) is 4.73. The Balaban J connectivity index is 1.64. The minimum Gasteiger partial charge on any atom is -0.351 e. The van der Waals surface area contributed by atoms with Gasteiger partial charge in [-0.05, 0) is 39.5 Å². The highest BCUT2D eigenvalue weighted by Crippen LogP contribution is 2.21. The van der Waals surface area contributed by atoms with Crippen LogP contribution in [0.25, 0.3) is 0 Å². The van der Waals surface area contributed by atoms with Crippen molar-refractivity contribution in [1.82, 2.24) is 10.6 Å². The summed E-state index contributed by atoms with van der Waals surface area (Å²) in [6, 6.07) is 5.68. The lowest BCUT2D eigenvalue weighted by Gasteiger charge is -2.05. The topological polar surface area (TPSA) is 58.2 Å². The maximum Gasteiger partial charge on any atom is 0.252 e. The molecular weight excluding hydrogens is 360 g/mol. The van der Waals surface area contributed by atoms with Gasteiger partial charge in [0.05, 0.1) is 10.3 Å². The van der Waals surface area contributed by atoms with Crippen molar-refractivity contribution in [3.8, 4) is 0 Å². The second-order valence-corrected chi connectivity index (χ2v) is 7.33. The van der Waals surface area contributed by atoms with E-state index < -0.39 is 0 Å². The fraction of sp³-hybridized carbons (Fsp3) is 0.231. The number of carbonyl (C=O) groups is 2. The van der Waals surface area contributed by atoms with Gasteiger partial charge >= 0.3 is 0 Å². The molecule has 2 aromatic rings. The van der Waals surface area contributed by atoms with Gasteiger partial charge in [-0.3, -0.25) is 9.59 Å². The first-order chi connectivity index (χ1) is 9.65. The van der Waals surface area contributed by atoms with E-state index in [9.17, 15) is 9.59 Å². The minimum atomic E-state index is -0.138. The molecule has 0 aliphatic rings. The molecule has 0 saturated heterocycles. The van der Waals surface area contributed by atoms with E-state index >= 15 is 0 Å². The van der Waals surface area contributed by atoms with Crippen LogP contribution in [0.1, 0.15) is 21.7 Å². The maximum atomic E-state index is 11.6. The molecule has 2 N–H and O–H groups in total. The molecular formula is C13H13BrN2O2S2. The van der Waals surface area contributed by atoms with Crippen LogP contribution in [0.3, 0.4) is 0 Å². The summed E-state index contributed by atoms with van der Waals surface area (Å²) in [4.78, 5) is 24.3. The number of thiophene rings is 2. The Morgan fingerprint density at radius 3 is 2.70 bits per heavy atom. The lowest BCUT2D eigenvalue weighted by molar-refractivity contribution is -0.121. The molecule has 4 nitrogen and oxygen atoms in total. The number of rotatable bonds is 6. The van der Waals surface area contributed by atoms with Gasteiger partial charge in [0.25, 0.3) is 5.91 Å². The maximum absolute atomic E-state index is 11.6. The van der Waals surface area contributed by atoms with E-state index in [1.807, 2.05) is 17.5 Å². The van der Waals surface area contributed by atoms with Gasteiger partial charge in [0.15, 0.2) is 0 Å². The molecule has 2 heterocycles. The molecule has 0 atom stereocenters. The molecule has 0 fully saturated rings. The molecule has 0 aliphatic heterocycles. The van der Waals surface area contributed by atoms with E-state index in [1.165, 1.54) is 11.3 Å². The number of hydrogen-bond donors (Lipinski definition) is 2. The van der Waals surface area contributed by atoms with E-state index in [1.54, 1.807) is 22.8 Å². The van der Waals surface area contributed by atoms with Gasteiger partial charge in [0.2, 0.25) is 5.91 Å². The van der Waals surface area contributed by atoms with Crippen LogP contribution in [0, 0.1) is 0 Å². The third-order valence-corrected chi connectivity index (χ3v) is 4.82. The van der Waals surface area contributed by atoms with Crippen molar-refractivity contribution >= 4 is 50.4 Å². The second kappa shape index (κ2) is 7.56. The van der Waals surface area contributed by atoms with E-state index in [2.05, 4.69) is 26.6 Å². The van der Waals surface area contributed by atoms with Crippen LogP contribution in [0.15, 0.2) is 32.7 Å². The lowest BCUT2D eigenvalue weighted by Crippen LogP contribution is -2.30. The zero-order valence-corrected chi connectivity index (χ0v) is 13.7. The average Bonchev–Trinajstić information content (AvgIpc) is 3.07. The number of halogens is 1. The van der Waals surface area contributed by atoms with Crippen molar-refractivity contribution in [2.24, 2.45) is 0 Å². The number of amides is 2. The molecule has 0 aliphatic carbocycles. The largest absolute Gasteiger partial charge is 0.351 e. The molecule has 0 unspecified atom stereocenters. The summed E-state index contributed by atoms with van der Waals surface area (Å²) in [6.07, 6.45) is 0.280. The Morgan fingerprint density at radius 1 is 1.20 bits per heavy atom. The zero-order chi connectivity index (χ0) is 14.4. The first-order valence-electron chi connectivity index (χ1n) is 5.96. The lowest BCUT2D eigenvalue weighted by atomic mass is 10.3. The predicted molar refractivity (Wildman–Crippen MR) is 85.1 cm³/mol. The highest BCUT2D eigenvalue weighted by molar-refractivity contribution is 9.11. The van der Waals surface area contributed by atoms with E-state index in [-0.39, 0.29) is 18.2 Å². The fourth-order valence-electron chi connectivity index (χ4n) is 1.51. The quantitative estimate of drug-likeness (QED) is 0.818. The summed E-state index contributed by atoms with van der Waals surface area (Å²) in [5, 5.41) is 9.17. The third-order valence-electron chi connectivity index (χ3n) is 2.51. The van der Waals surface area contributed by atoms with Crippen molar-refractivity contribution < 1.29 is 9.59 Å². The molecule has 106 valence electrons. The van der Waals surface area contributed by atoms with Crippen molar-refractivity contribution in [1.29, 1.82) is 0 Å². The smallest absolute Gasteiger partial charge is 0.252 e. The minimum absolute atomic E-state index is 0.0693. The first-order valence-corrected chi connectivity index (χ1v) is 8.51. The summed E-state index contributed by atoms with van der Waals surface area (Å²) >= 11 is 6.44. The fourth-order valence-corrected chi connectivity index (χ4v) is 3.56. The van der Waals surface area contributed by atoms with E-state index in [0.717, 1.165) is 8.66 Å². The van der Waals surface area contributed by atoms with Gasteiger partial charge in [0, 0.05) is 28.8 Å². The van der Waals surface area contributed by atoms with Crippen LogP contribution in [0.5, 0.6) is 0 Å². The summed E-state index contributed by atoms with van der Waals surface area (Å²) in [5.41, 5.74) is 0.638. The highest BCUT2D eigenvalue weighted by atomic mass is 79.9. The first kappa shape index (κ1) is 15.2. The van der Waals surface area contributed by atoms with Gasteiger partial charge < -0.3 is 10.6 Å². The Hall–Kier alpha value is -1.18. The van der Waals surface area contributed by atoms with Gasteiger partial charge in [-0.1, -0.05) is 0 Å². The van der Waals surface area contributed by atoms with Crippen molar-refractivity contribution in [2.75, 3.05) is 6.54 Å². The molecule has 0 spiro atoms. The summed E-state index contributed by atoms with van der Waals surface area (Å²) in [5.74, 6) is -0.207. The zero-order valence-electron chi connectivity index (χ0n) is 10.5. The summed E-state index contributed by atoms with van der Waals surface area (Å²) in [7, 11) is 0. The monoisotopic (exact) mass is 372 g/mol. The van der Waals surface area contributed by atoms with Crippen LogP contribution in [0.4, 0.5) is 0 Å². The van der Waals surface area contributed by atoms with E-state index in [0.29, 0.717) is 18.7 Å². The molecule has 20 heavy (non-hydrogen) atoms. The van der Waals surface area contributed by atoms with Crippen LogP contribution in [-0.4, -0.2) is 18.4 Å². The van der Waals surface area contributed by atoms with Crippen LogP contribution >= 0.6 is 38.6 Å². The Bertz CT molecular complexity index is 581. The highest BCUT2D eigenvalue weighted by Gasteiger charge is 2.07. The SMILES string of the molecule is O=C(CCNC(=O)c1ccsc1)NCc1ccc(Br)s1. The van der Waals surface area contributed by atoms with Crippen molar-refractivity contribution in [3.05, 3.63) is 43.2 Å². The Morgan fingerprint density at radius 2 is 2.05 bits per heavy atom. The van der Waals surface area contributed by atoms with Gasteiger partial charge in [-0.25, -0.2) is 0 Å². The molecule has 7 heteroatoms. The molecule has 2 amide bonds.